The van der Waals surface area contributed by atoms with Gasteiger partial charge in [-0.1, -0.05) is 6.07 Å². The number of hydrogen-bond acceptors (Lipinski definition) is 3. The molecule has 6 nitrogen and oxygen atoms in total. The van der Waals surface area contributed by atoms with Crippen molar-refractivity contribution in [3.63, 3.8) is 0 Å². The molecule has 4 heterocycles. The van der Waals surface area contributed by atoms with Crippen molar-refractivity contribution in [1.82, 2.24) is 5.32 Å². The van der Waals surface area contributed by atoms with E-state index in [1.54, 1.807) is 29.2 Å². The molecule has 0 saturated carbocycles. The number of aryl methyl sites for hydroxylation is 1. The van der Waals surface area contributed by atoms with Crippen LogP contribution in [0, 0.1) is 12.8 Å². The minimum atomic E-state index is -0.323. The lowest BCUT2D eigenvalue weighted by atomic mass is 9.84. The number of piperidine rings is 3. The van der Waals surface area contributed by atoms with E-state index in [2.05, 4.69) is 10.6 Å². The van der Waals surface area contributed by atoms with Crippen LogP contribution in [0.15, 0.2) is 41.0 Å². The number of fused-ring (bicyclic) bond motifs is 3. The first-order valence-electron chi connectivity index (χ1n) is 9.20. The molecular weight excluding hydrogens is 330 g/mol. The summed E-state index contributed by atoms with van der Waals surface area (Å²) in [5, 5.41) is 6.02. The van der Waals surface area contributed by atoms with Gasteiger partial charge in [-0.25, -0.2) is 0 Å². The van der Waals surface area contributed by atoms with Gasteiger partial charge in [-0.2, -0.15) is 0 Å². The van der Waals surface area contributed by atoms with Gasteiger partial charge in [-0.15, -0.1) is 0 Å². The van der Waals surface area contributed by atoms with Crippen LogP contribution in [0.25, 0.3) is 0 Å². The number of carbonyl (C=O) groups excluding carboxylic acids is 2. The summed E-state index contributed by atoms with van der Waals surface area (Å²) >= 11 is 0. The van der Waals surface area contributed by atoms with Crippen LogP contribution >= 0.6 is 0 Å². The second kappa shape index (κ2) is 6.96. The number of anilines is 1. The highest BCUT2D eigenvalue weighted by Gasteiger charge is 2.38. The Bertz CT molecular complexity index is 808. The van der Waals surface area contributed by atoms with Gasteiger partial charge in [0.2, 0.25) is 0 Å². The highest BCUT2D eigenvalue weighted by Crippen LogP contribution is 2.21. The van der Waals surface area contributed by atoms with Crippen LogP contribution in [0.3, 0.4) is 0 Å². The fraction of sp³-hybridized carbons (Fsp3) is 0.400. The molecule has 3 aliphatic rings. The number of benzene rings is 1. The average Bonchev–Trinajstić information content (AvgIpc) is 3.19. The molecule has 6 heteroatoms. The van der Waals surface area contributed by atoms with Crippen LogP contribution in [0.4, 0.5) is 5.69 Å². The maximum atomic E-state index is 12.7. The fourth-order valence-electron chi connectivity index (χ4n) is 4.04. The minimum Gasteiger partial charge on any atom is -0.459 e. The molecule has 1 atom stereocenters. The third-order valence-electron chi connectivity index (χ3n) is 5.62. The lowest BCUT2D eigenvalue weighted by Gasteiger charge is -2.42. The smallest absolute Gasteiger partial charge is 0.291 e. The summed E-state index contributed by atoms with van der Waals surface area (Å²) in [5.41, 5.74) is 2.09. The van der Waals surface area contributed by atoms with Gasteiger partial charge >= 0.3 is 0 Å². The Balaban J connectivity index is 1.46. The minimum absolute atomic E-state index is 0.0725. The van der Waals surface area contributed by atoms with Crippen molar-refractivity contribution in [3.8, 4) is 0 Å². The Hall–Kier alpha value is -2.60. The van der Waals surface area contributed by atoms with Gasteiger partial charge in [0.25, 0.3) is 11.8 Å². The van der Waals surface area contributed by atoms with Gasteiger partial charge in [0, 0.05) is 24.1 Å². The number of furan rings is 1. The van der Waals surface area contributed by atoms with Gasteiger partial charge in [0.1, 0.15) is 0 Å². The van der Waals surface area contributed by atoms with Gasteiger partial charge in [0.15, 0.2) is 5.76 Å². The summed E-state index contributed by atoms with van der Waals surface area (Å²) in [6.07, 6.45) is 3.85. The molecule has 2 amide bonds. The van der Waals surface area contributed by atoms with E-state index in [4.69, 9.17) is 4.42 Å². The van der Waals surface area contributed by atoms with E-state index < -0.39 is 0 Å². The predicted octanol–water partition coefficient (Wildman–Crippen LogP) is 1.25. The normalized spacial score (nSPS) is 24.3. The topological polar surface area (TPSA) is 75.8 Å². The maximum absolute atomic E-state index is 12.7. The lowest BCUT2D eigenvalue weighted by molar-refractivity contribution is -0.917. The van der Waals surface area contributed by atoms with Crippen LogP contribution < -0.4 is 15.5 Å². The molecule has 1 aromatic heterocycles. The zero-order valence-corrected chi connectivity index (χ0v) is 14.9. The third-order valence-corrected chi connectivity index (χ3v) is 5.62. The molecule has 0 spiro atoms. The van der Waals surface area contributed by atoms with Crippen LogP contribution in [-0.2, 0) is 0 Å². The zero-order chi connectivity index (χ0) is 18.1. The van der Waals surface area contributed by atoms with Crippen LogP contribution in [0.1, 0.15) is 39.3 Å². The van der Waals surface area contributed by atoms with E-state index in [0.717, 1.165) is 12.1 Å². The molecule has 26 heavy (non-hydrogen) atoms. The number of hydrogen-bond donors (Lipinski definition) is 3. The van der Waals surface area contributed by atoms with Crippen molar-refractivity contribution in [2.75, 3.05) is 25.0 Å². The third kappa shape index (κ3) is 3.37. The summed E-state index contributed by atoms with van der Waals surface area (Å²) in [5.74, 6) is 0.447. The molecule has 0 radical (unpaired) electrons. The Labute approximate surface area is 152 Å². The largest absolute Gasteiger partial charge is 0.459 e. The second-order valence-electron chi connectivity index (χ2n) is 7.33. The number of quaternary nitrogens is 1. The molecule has 0 unspecified atom stereocenters. The first-order chi connectivity index (χ1) is 12.6. The summed E-state index contributed by atoms with van der Waals surface area (Å²) < 4.78 is 5.12. The second-order valence-corrected chi connectivity index (χ2v) is 7.33. The highest BCUT2D eigenvalue weighted by molar-refractivity contribution is 6.04. The van der Waals surface area contributed by atoms with Crippen molar-refractivity contribution in [3.05, 3.63) is 53.5 Å². The maximum Gasteiger partial charge on any atom is 0.291 e. The zero-order valence-electron chi connectivity index (χ0n) is 14.9. The first kappa shape index (κ1) is 16.8. The van der Waals surface area contributed by atoms with Crippen molar-refractivity contribution in [2.24, 2.45) is 5.92 Å². The highest BCUT2D eigenvalue weighted by atomic mass is 16.3. The van der Waals surface area contributed by atoms with Crippen molar-refractivity contribution < 1.29 is 18.9 Å². The number of nitrogens with one attached hydrogen (secondary N) is 3. The van der Waals surface area contributed by atoms with E-state index >= 15 is 0 Å². The first-order valence-corrected chi connectivity index (χ1v) is 9.20. The van der Waals surface area contributed by atoms with E-state index in [-0.39, 0.29) is 23.6 Å². The van der Waals surface area contributed by atoms with Crippen LogP contribution in [0.2, 0.25) is 0 Å². The molecule has 1 aromatic carbocycles. The van der Waals surface area contributed by atoms with E-state index in [1.807, 2.05) is 13.0 Å². The molecule has 136 valence electrons. The molecule has 2 aromatic rings. The van der Waals surface area contributed by atoms with E-state index in [0.29, 0.717) is 17.2 Å². The van der Waals surface area contributed by atoms with Crippen molar-refractivity contribution in [2.45, 2.75) is 25.8 Å². The number of amides is 2. The van der Waals surface area contributed by atoms with Crippen molar-refractivity contribution in [1.29, 1.82) is 0 Å². The van der Waals surface area contributed by atoms with E-state index in [1.165, 1.54) is 32.2 Å². The number of carbonyl (C=O) groups is 2. The monoisotopic (exact) mass is 354 g/mol. The van der Waals surface area contributed by atoms with Crippen LogP contribution in [-0.4, -0.2) is 37.5 Å². The molecule has 3 fully saturated rings. The Morgan fingerprint density at radius 1 is 1.15 bits per heavy atom. The quantitative estimate of drug-likeness (QED) is 0.773. The predicted molar refractivity (Wildman–Crippen MR) is 97.4 cm³/mol. The molecule has 3 N–H and O–H groups in total. The summed E-state index contributed by atoms with van der Waals surface area (Å²) in [6.45, 7) is 5.37. The molecular formula is C20H24N3O3+. The van der Waals surface area contributed by atoms with Gasteiger partial charge < -0.3 is 20.0 Å². The van der Waals surface area contributed by atoms with Crippen molar-refractivity contribution >= 4 is 17.5 Å². The molecule has 2 bridgehead atoms. The van der Waals surface area contributed by atoms with Gasteiger partial charge in [0.05, 0.1) is 31.9 Å². The lowest BCUT2D eigenvalue weighted by Crippen LogP contribution is -3.17. The number of rotatable bonds is 4. The standard InChI is InChI=1S/C20H23N3O3/c1-13-4-5-15(11-16(13)21-20(25)18-3-2-10-26-18)19(24)22-17-12-23-8-6-14(17)7-9-23/h2-5,10-11,14,17H,6-9,12H2,1H3,(H,21,25)(H,22,24)/p+1/t17-/m0/s1. The van der Waals surface area contributed by atoms with E-state index in [9.17, 15) is 9.59 Å². The molecule has 5 rings (SSSR count). The molecule has 0 aliphatic carbocycles. The van der Waals surface area contributed by atoms with Gasteiger partial charge in [-0.05, 0) is 42.7 Å². The Morgan fingerprint density at radius 3 is 2.62 bits per heavy atom. The molecule has 3 saturated heterocycles. The fourth-order valence-corrected chi connectivity index (χ4v) is 4.04. The average molecular weight is 354 g/mol. The van der Waals surface area contributed by atoms with Crippen LogP contribution in [0.5, 0.6) is 0 Å². The Kier molecular flexibility index (Phi) is 4.51. The molecule has 3 aliphatic heterocycles. The Morgan fingerprint density at radius 2 is 1.96 bits per heavy atom. The SMILES string of the molecule is Cc1ccc(C(=O)N[C@H]2C[NH+]3CCC2CC3)cc1NC(=O)c1ccco1. The summed E-state index contributed by atoms with van der Waals surface area (Å²) in [6, 6.07) is 8.93. The summed E-state index contributed by atoms with van der Waals surface area (Å²) in [4.78, 5) is 26.5. The van der Waals surface area contributed by atoms with Gasteiger partial charge in [-0.3, -0.25) is 9.59 Å². The summed E-state index contributed by atoms with van der Waals surface area (Å²) in [7, 11) is 0.